The van der Waals surface area contributed by atoms with Crippen molar-refractivity contribution in [1.29, 1.82) is 0 Å². The lowest BCUT2D eigenvalue weighted by molar-refractivity contribution is 0.103. The molecular formula is C17H14F2O2. The fourth-order valence-electron chi connectivity index (χ4n) is 2.51. The van der Waals surface area contributed by atoms with Gasteiger partial charge in [-0.3, -0.25) is 4.79 Å². The molecule has 0 bridgehead atoms. The summed E-state index contributed by atoms with van der Waals surface area (Å²) in [5, 5.41) is 0. The number of carbonyl (C=O) groups excluding carboxylic acids is 1. The van der Waals surface area contributed by atoms with Crippen molar-refractivity contribution < 1.29 is 18.3 Å². The van der Waals surface area contributed by atoms with Crippen molar-refractivity contribution in [2.45, 2.75) is 19.8 Å². The molecule has 1 heterocycles. The average Bonchev–Trinajstić information content (AvgIpc) is 2.51. The minimum absolute atomic E-state index is 0.251. The molecule has 0 aliphatic carbocycles. The highest BCUT2D eigenvalue weighted by Crippen LogP contribution is 2.27. The van der Waals surface area contributed by atoms with Gasteiger partial charge >= 0.3 is 0 Å². The minimum Gasteiger partial charge on any atom is -0.493 e. The Morgan fingerprint density at radius 1 is 1.19 bits per heavy atom. The highest BCUT2D eigenvalue weighted by Gasteiger charge is 2.22. The molecule has 21 heavy (non-hydrogen) atoms. The second-order valence-corrected chi connectivity index (χ2v) is 5.16. The maximum atomic E-state index is 14.1. The van der Waals surface area contributed by atoms with Gasteiger partial charge in [-0.1, -0.05) is 6.07 Å². The first-order chi connectivity index (χ1) is 10.1. The number of rotatable bonds is 2. The van der Waals surface area contributed by atoms with E-state index in [0.717, 1.165) is 30.2 Å². The van der Waals surface area contributed by atoms with E-state index in [9.17, 15) is 13.6 Å². The van der Waals surface area contributed by atoms with Crippen molar-refractivity contribution in [2.75, 3.05) is 6.61 Å². The third-order valence-electron chi connectivity index (χ3n) is 3.68. The molecule has 1 aliphatic heterocycles. The SMILES string of the molecule is Cc1ccc(F)c(C(=O)c2ccc3c(c2)CCCO3)c1F. The fourth-order valence-corrected chi connectivity index (χ4v) is 2.51. The molecule has 2 aromatic rings. The van der Waals surface area contributed by atoms with Crippen molar-refractivity contribution in [2.24, 2.45) is 0 Å². The Kier molecular flexibility index (Phi) is 3.45. The molecule has 2 aromatic carbocycles. The molecule has 0 amide bonds. The van der Waals surface area contributed by atoms with E-state index in [4.69, 9.17) is 4.74 Å². The summed E-state index contributed by atoms with van der Waals surface area (Å²) < 4.78 is 33.3. The molecule has 0 unspecified atom stereocenters. The number of carbonyl (C=O) groups is 1. The van der Waals surface area contributed by atoms with Crippen LogP contribution >= 0.6 is 0 Å². The predicted molar refractivity (Wildman–Crippen MR) is 74.8 cm³/mol. The van der Waals surface area contributed by atoms with E-state index < -0.39 is 23.0 Å². The molecule has 2 nitrogen and oxygen atoms in total. The summed E-state index contributed by atoms with van der Waals surface area (Å²) >= 11 is 0. The van der Waals surface area contributed by atoms with Gasteiger partial charge in [0, 0.05) is 5.56 Å². The van der Waals surface area contributed by atoms with Crippen LogP contribution in [0.25, 0.3) is 0 Å². The number of ketones is 1. The summed E-state index contributed by atoms with van der Waals surface area (Å²) in [6.45, 7) is 2.16. The van der Waals surface area contributed by atoms with E-state index >= 15 is 0 Å². The first kappa shape index (κ1) is 13.7. The average molecular weight is 288 g/mol. The van der Waals surface area contributed by atoms with Crippen molar-refractivity contribution in [3.05, 3.63) is 64.2 Å². The summed E-state index contributed by atoms with van der Waals surface area (Å²) in [5.74, 6) is -1.53. The van der Waals surface area contributed by atoms with Gasteiger partial charge in [-0.2, -0.15) is 0 Å². The molecule has 0 saturated carbocycles. The molecule has 0 N–H and O–H groups in total. The van der Waals surface area contributed by atoms with E-state index in [1.54, 1.807) is 18.2 Å². The molecule has 1 aliphatic rings. The Bertz CT molecular complexity index is 723. The van der Waals surface area contributed by atoms with Crippen LogP contribution in [0.5, 0.6) is 5.75 Å². The zero-order chi connectivity index (χ0) is 15.0. The van der Waals surface area contributed by atoms with Crippen LogP contribution in [-0.4, -0.2) is 12.4 Å². The Labute approximate surface area is 121 Å². The van der Waals surface area contributed by atoms with Crippen LogP contribution < -0.4 is 4.74 Å². The molecular weight excluding hydrogens is 274 g/mol. The van der Waals surface area contributed by atoms with E-state index in [2.05, 4.69) is 0 Å². The lowest BCUT2D eigenvalue weighted by Crippen LogP contribution is -2.12. The van der Waals surface area contributed by atoms with Gasteiger partial charge in [0.05, 0.1) is 12.2 Å². The third kappa shape index (κ3) is 2.42. The van der Waals surface area contributed by atoms with Gasteiger partial charge in [-0.15, -0.1) is 0 Å². The van der Waals surface area contributed by atoms with Gasteiger partial charge in [0.2, 0.25) is 0 Å². The lowest BCUT2D eigenvalue weighted by Gasteiger charge is -2.17. The number of aryl methyl sites for hydroxylation is 2. The Balaban J connectivity index is 2.05. The van der Waals surface area contributed by atoms with Gasteiger partial charge in [-0.05, 0) is 55.2 Å². The molecule has 3 rings (SSSR count). The zero-order valence-electron chi connectivity index (χ0n) is 11.6. The predicted octanol–water partition coefficient (Wildman–Crippen LogP) is 3.83. The molecule has 0 fully saturated rings. The summed E-state index contributed by atoms with van der Waals surface area (Å²) in [4.78, 5) is 12.4. The van der Waals surface area contributed by atoms with Crippen LogP contribution in [0.15, 0.2) is 30.3 Å². The monoisotopic (exact) mass is 288 g/mol. The summed E-state index contributed by atoms with van der Waals surface area (Å²) in [5.41, 5.74) is 0.941. The maximum absolute atomic E-state index is 14.1. The van der Waals surface area contributed by atoms with Crippen LogP contribution in [0.4, 0.5) is 8.78 Å². The third-order valence-corrected chi connectivity index (χ3v) is 3.68. The molecule has 0 spiro atoms. The van der Waals surface area contributed by atoms with Crippen molar-refractivity contribution in [3.8, 4) is 5.75 Å². The number of benzene rings is 2. The standard InChI is InChI=1S/C17H14F2O2/c1-10-4-6-13(18)15(16(10)19)17(20)12-5-7-14-11(9-12)3-2-8-21-14/h4-7,9H,2-3,8H2,1H3. The van der Waals surface area contributed by atoms with Gasteiger partial charge in [0.25, 0.3) is 0 Å². The summed E-state index contributed by atoms with van der Waals surface area (Å²) in [6.07, 6.45) is 1.67. The van der Waals surface area contributed by atoms with Gasteiger partial charge in [0.15, 0.2) is 5.78 Å². The largest absolute Gasteiger partial charge is 0.493 e. The van der Waals surface area contributed by atoms with Gasteiger partial charge < -0.3 is 4.74 Å². The second-order valence-electron chi connectivity index (χ2n) is 5.16. The van der Waals surface area contributed by atoms with Crippen molar-refractivity contribution >= 4 is 5.78 Å². The number of hydrogen-bond acceptors (Lipinski definition) is 2. The Morgan fingerprint density at radius 3 is 2.81 bits per heavy atom. The fraction of sp³-hybridized carbons (Fsp3) is 0.235. The second kappa shape index (κ2) is 5.28. The molecule has 0 saturated heterocycles. The number of halogens is 2. The number of ether oxygens (including phenoxy) is 1. The van der Waals surface area contributed by atoms with E-state index in [0.29, 0.717) is 6.61 Å². The first-order valence-corrected chi connectivity index (χ1v) is 6.83. The zero-order valence-corrected chi connectivity index (χ0v) is 11.6. The topological polar surface area (TPSA) is 26.3 Å². The van der Waals surface area contributed by atoms with Crippen LogP contribution in [0.2, 0.25) is 0 Å². The summed E-state index contributed by atoms with van der Waals surface area (Å²) in [7, 11) is 0. The minimum atomic E-state index is -0.836. The van der Waals surface area contributed by atoms with Gasteiger partial charge in [0.1, 0.15) is 17.4 Å². The van der Waals surface area contributed by atoms with Gasteiger partial charge in [-0.25, -0.2) is 8.78 Å². The lowest BCUT2D eigenvalue weighted by atomic mass is 9.96. The van der Waals surface area contributed by atoms with Crippen LogP contribution in [0, 0.1) is 18.6 Å². The Hall–Kier alpha value is -2.23. The highest BCUT2D eigenvalue weighted by molar-refractivity contribution is 6.09. The molecule has 4 heteroatoms. The van der Waals surface area contributed by atoms with Crippen LogP contribution in [0.3, 0.4) is 0 Å². The summed E-state index contributed by atoms with van der Waals surface area (Å²) in [6, 6.07) is 7.34. The number of fused-ring (bicyclic) bond motifs is 1. The highest BCUT2D eigenvalue weighted by atomic mass is 19.1. The van der Waals surface area contributed by atoms with E-state index in [1.165, 1.54) is 13.0 Å². The van der Waals surface area contributed by atoms with E-state index in [1.807, 2.05) is 0 Å². The molecule has 0 aromatic heterocycles. The van der Waals surface area contributed by atoms with Crippen molar-refractivity contribution in [1.82, 2.24) is 0 Å². The maximum Gasteiger partial charge on any atom is 0.198 e. The number of hydrogen-bond donors (Lipinski definition) is 0. The normalized spacial score (nSPS) is 13.5. The molecule has 108 valence electrons. The molecule has 0 atom stereocenters. The van der Waals surface area contributed by atoms with Crippen LogP contribution in [0.1, 0.15) is 33.5 Å². The van der Waals surface area contributed by atoms with Crippen molar-refractivity contribution in [3.63, 3.8) is 0 Å². The molecule has 0 radical (unpaired) electrons. The smallest absolute Gasteiger partial charge is 0.198 e. The first-order valence-electron chi connectivity index (χ1n) is 6.83. The quantitative estimate of drug-likeness (QED) is 0.785. The Morgan fingerprint density at radius 2 is 2.00 bits per heavy atom. The van der Waals surface area contributed by atoms with Crippen LogP contribution in [-0.2, 0) is 6.42 Å². The van der Waals surface area contributed by atoms with E-state index in [-0.39, 0.29) is 11.1 Å².